The average Bonchev–Trinajstić information content (AvgIpc) is 1.37. The maximum absolute atomic E-state index is 2.12. The molecule has 0 rings (SSSR count). The molecule has 0 aliphatic rings. The molecule has 0 fully saturated rings. The molecule has 0 N–H and O–H groups in total. The molecule has 0 aromatic carbocycles. The Balaban J connectivity index is 0. The number of rotatable bonds is 1. The van der Waals surface area contributed by atoms with Crippen LogP contribution < -0.4 is 0 Å². The minimum atomic E-state index is 0. The molecule has 5 heavy (non-hydrogen) atoms. The van der Waals surface area contributed by atoms with Gasteiger partial charge in [-0.3, -0.25) is 0 Å². The van der Waals surface area contributed by atoms with Gasteiger partial charge >= 0.3 is 32.7 Å². The summed E-state index contributed by atoms with van der Waals surface area (Å²) in [5.41, 5.74) is 0. The zero-order chi connectivity index (χ0) is 3.41. The van der Waals surface area contributed by atoms with Gasteiger partial charge in [-0.05, 0) is 0 Å². The van der Waals surface area contributed by atoms with Crippen LogP contribution in [0.2, 0.25) is 0 Å². The summed E-state index contributed by atoms with van der Waals surface area (Å²) < 4.78 is 0. The zero-order valence-electron chi connectivity index (χ0n) is 3.86. The summed E-state index contributed by atoms with van der Waals surface area (Å²) in [4.78, 5) is 0. The molecule has 0 unspecified atom stereocenters. The summed E-state index contributed by atoms with van der Waals surface area (Å²) in [5.74, 6) is 0. The zero-order valence-corrected chi connectivity index (χ0v) is 6.70. The molecule has 0 saturated heterocycles. The summed E-state index contributed by atoms with van der Waals surface area (Å²) in [7, 11) is 0. The van der Waals surface area contributed by atoms with E-state index >= 15 is 0 Å². The molecule has 0 radical (unpaired) electrons. The number of unbranched alkanes of at least 4 members (excludes halogenated alkanes) is 1. The van der Waals surface area contributed by atoms with Crippen molar-refractivity contribution in [3.8, 4) is 0 Å². The van der Waals surface area contributed by atoms with E-state index in [2.05, 4.69) is 20.3 Å². The molecule has 0 aromatic rings. The van der Waals surface area contributed by atoms with E-state index < -0.39 is 0 Å². The Bertz CT molecular complexity index is 5.61. The summed E-state index contributed by atoms with van der Waals surface area (Å²) >= 11 is 0. The van der Waals surface area contributed by atoms with Gasteiger partial charge in [0.05, 0.1) is 0 Å². The van der Waals surface area contributed by atoms with E-state index in [1.807, 2.05) is 0 Å². The van der Waals surface area contributed by atoms with E-state index in [4.69, 9.17) is 0 Å². The van der Waals surface area contributed by atoms with Crippen LogP contribution in [0.3, 0.4) is 0 Å². The van der Waals surface area contributed by atoms with Crippen LogP contribution in [0, 0.1) is 6.42 Å². The fourth-order valence-electron chi connectivity index (χ4n) is 0. The van der Waals surface area contributed by atoms with E-state index in [0.29, 0.717) is 0 Å². The van der Waals surface area contributed by atoms with Crippen molar-refractivity contribution in [1.29, 1.82) is 0 Å². The smallest absolute Gasteiger partial charge is 0.332 e. The van der Waals surface area contributed by atoms with Gasteiger partial charge in [-0.1, -0.05) is 6.92 Å². The molecule has 0 atom stereocenters. The van der Waals surface area contributed by atoms with Gasteiger partial charge in [0.2, 0.25) is 0 Å². The van der Waals surface area contributed by atoms with Gasteiger partial charge in [-0.2, -0.15) is 13.3 Å². The fraction of sp³-hybridized carbons (Fsp3) is 0.750. The SMILES string of the molecule is C[CH-]CC.[Y+3]. The van der Waals surface area contributed by atoms with Crippen LogP contribution in [-0.4, -0.2) is 0 Å². The summed E-state index contributed by atoms with van der Waals surface area (Å²) in [5, 5.41) is 0. The maximum Gasteiger partial charge on any atom is 3.00 e. The summed E-state index contributed by atoms with van der Waals surface area (Å²) in [6, 6.07) is 0. The largest absolute Gasteiger partial charge is 3.00 e. The molecule has 26 valence electrons. The predicted molar refractivity (Wildman–Crippen MR) is 20.3 cm³/mol. The topological polar surface area (TPSA) is 0 Å². The first-order valence-electron chi connectivity index (χ1n) is 1.69. The second kappa shape index (κ2) is 8.92. The molecule has 0 heterocycles. The Hall–Kier alpha value is 1.10. The molecule has 0 spiro atoms. The molecule has 1 heteroatoms. The third kappa shape index (κ3) is 11.1. The molecule has 0 aliphatic heterocycles. The van der Waals surface area contributed by atoms with Crippen molar-refractivity contribution in [3.63, 3.8) is 0 Å². The number of hydrogen-bond donors (Lipinski definition) is 0. The van der Waals surface area contributed by atoms with Gasteiger partial charge in [0.1, 0.15) is 0 Å². The van der Waals surface area contributed by atoms with Crippen LogP contribution in [0.15, 0.2) is 0 Å². The Kier molecular flexibility index (Phi) is 16.8. The third-order valence-corrected chi connectivity index (χ3v) is 0.408. The monoisotopic (exact) mass is 146 g/mol. The van der Waals surface area contributed by atoms with Crippen LogP contribution in [0.5, 0.6) is 0 Å². The van der Waals surface area contributed by atoms with Gasteiger partial charge in [-0.25, -0.2) is 0 Å². The van der Waals surface area contributed by atoms with Crippen LogP contribution in [0.1, 0.15) is 20.3 Å². The Morgan fingerprint density at radius 2 is 1.80 bits per heavy atom. The van der Waals surface area contributed by atoms with Crippen molar-refractivity contribution < 1.29 is 32.7 Å². The molecule has 0 amide bonds. The maximum atomic E-state index is 2.12. The van der Waals surface area contributed by atoms with Crippen LogP contribution in [0.4, 0.5) is 0 Å². The molecule has 0 aliphatic carbocycles. The molecule has 0 nitrogen and oxygen atoms in total. The van der Waals surface area contributed by atoms with Crippen molar-refractivity contribution in [2.45, 2.75) is 20.3 Å². The minimum Gasteiger partial charge on any atom is -0.332 e. The van der Waals surface area contributed by atoms with Crippen molar-refractivity contribution >= 4 is 0 Å². The predicted octanol–water partition coefficient (Wildman–Crippen LogP) is 1.62. The normalized spacial score (nSPS) is 6.00. The van der Waals surface area contributed by atoms with Gasteiger partial charge in [0, 0.05) is 0 Å². The summed E-state index contributed by atoms with van der Waals surface area (Å²) in [6.45, 7) is 4.18. The second-order valence-electron chi connectivity index (χ2n) is 0.816. The Morgan fingerprint density at radius 1 is 1.60 bits per heavy atom. The Morgan fingerprint density at radius 3 is 1.80 bits per heavy atom. The van der Waals surface area contributed by atoms with Gasteiger partial charge in [-0.15, -0.1) is 0 Å². The standard InChI is InChI=1S/C4H9.Y/c1-3-4-2;/h3H,4H2,1-2H3;/q-1;+3. The van der Waals surface area contributed by atoms with E-state index in [9.17, 15) is 0 Å². The van der Waals surface area contributed by atoms with E-state index in [0.717, 1.165) is 0 Å². The molecular weight excluding hydrogens is 137 g/mol. The van der Waals surface area contributed by atoms with E-state index in [1.165, 1.54) is 6.42 Å². The summed E-state index contributed by atoms with van der Waals surface area (Å²) in [6.07, 6.45) is 3.32. The first-order valence-corrected chi connectivity index (χ1v) is 1.69. The first-order chi connectivity index (χ1) is 1.91. The fourth-order valence-corrected chi connectivity index (χ4v) is 0. The molecular formula is C4H9Y+2. The van der Waals surface area contributed by atoms with Crippen molar-refractivity contribution in [2.75, 3.05) is 0 Å². The van der Waals surface area contributed by atoms with Gasteiger partial charge in [0.25, 0.3) is 0 Å². The van der Waals surface area contributed by atoms with Crippen LogP contribution >= 0.6 is 0 Å². The Labute approximate surface area is 59.2 Å². The number of hydrogen-bond acceptors (Lipinski definition) is 0. The van der Waals surface area contributed by atoms with Crippen LogP contribution in [0.25, 0.3) is 0 Å². The van der Waals surface area contributed by atoms with Crippen LogP contribution in [-0.2, 0) is 32.7 Å². The van der Waals surface area contributed by atoms with Crippen molar-refractivity contribution in [1.82, 2.24) is 0 Å². The van der Waals surface area contributed by atoms with E-state index in [1.54, 1.807) is 0 Å². The third-order valence-electron chi connectivity index (χ3n) is 0.408. The van der Waals surface area contributed by atoms with Gasteiger partial charge in [0.15, 0.2) is 0 Å². The minimum absolute atomic E-state index is 0. The molecule has 0 bridgehead atoms. The molecule has 0 aromatic heterocycles. The second-order valence-corrected chi connectivity index (χ2v) is 0.816. The quantitative estimate of drug-likeness (QED) is 0.493. The van der Waals surface area contributed by atoms with Gasteiger partial charge < -0.3 is 6.42 Å². The van der Waals surface area contributed by atoms with Crippen molar-refractivity contribution in [3.05, 3.63) is 6.42 Å². The van der Waals surface area contributed by atoms with E-state index in [-0.39, 0.29) is 32.7 Å². The average molecular weight is 146 g/mol. The first kappa shape index (κ1) is 9.44. The van der Waals surface area contributed by atoms with Crippen molar-refractivity contribution in [2.24, 2.45) is 0 Å². The molecule has 0 saturated carbocycles.